The van der Waals surface area contributed by atoms with Crippen molar-refractivity contribution in [3.05, 3.63) is 18.0 Å². The van der Waals surface area contributed by atoms with Crippen LogP contribution in [0.3, 0.4) is 0 Å². The van der Waals surface area contributed by atoms with Crippen molar-refractivity contribution in [3.8, 4) is 0 Å². The van der Waals surface area contributed by atoms with Crippen molar-refractivity contribution in [3.63, 3.8) is 0 Å². The maximum atomic E-state index is 11.4. The van der Waals surface area contributed by atoms with Gasteiger partial charge in [0.25, 0.3) is 5.91 Å². The largest absolute Gasteiger partial charge is 0.479 e. The van der Waals surface area contributed by atoms with Crippen molar-refractivity contribution in [1.82, 2.24) is 15.1 Å². The predicted molar refractivity (Wildman–Crippen MR) is 53.8 cm³/mol. The predicted octanol–water partition coefficient (Wildman–Crippen LogP) is -1.01. The van der Waals surface area contributed by atoms with Gasteiger partial charge in [-0.05, 0) is 0 Å². The third-order valence-corrected chi connectivity index (χ3v) is 1.96. The van der Waals surface area contributed by atoms with Gasteiger partial charge in [-0.25, -0.2) is 4.79 Å². The fourth-order valence-electron chi connectivity index (χ4n) is 1.09. The highest BCUT2D eigenvalue weighted by atomic mass is 16.4. The lowest BCUT2D eigenvalue weighted by Crippen LogP contribution is -2.29. The van der Waals surface area contributed by atoms with Gasteiger partial charge in [-0.2, -0.15) is 5.10 Å². The van der Waals surface area contributed by atoms with Crippen LogP contribution in [0.25, 0.3) is 0 Å². The van der Waals surface area contributed by atoms with E-state index in [9.17, 15) is 9.59 Å². The smallest absolute Gasteiger partial charge is 0.332 e. The summed E-state index contributed by atoms with van der Waals surface area (Å²) in [6.07, 6.45) is 1.47. The molecule has 1 rings (SSSR count). The van der Waals surface area contributed by atoms with E-state index in [0.717, 1.165) is 0 Å². The molecule has 1 atom stereocenters. The standard InChI is InChI=1S/C9H13N3O4/c1-12-5-6(4-11-12)8(14)10-3-2-7(13)9(15)16/h4-5,7,13H,2-3H2,1H3,(H,10,14)(H,15,16). The third-order valence-electron chi connectivity index (χ3n) is 1.96. The Balaban J connectivity index is 2.34. The Morgan fingerprint density at radius 1 is 1.62 bits per heavy atom. The zero-order chi connectivity index (χ0) is 12.1. The molecular weight excluding hydrogens is 214 g/mol. The number of rotatable bonds is 5. The van der Waals surface area contributed by atoms with E-state index in [1.165, 1.54) is 10.9 Å². The molecule has 3 N–H and O–H groups in total. The van der Waals surface area contributed by atoms with Crippen LogP contribution in [-0.4, -0.2) is 44.5 Å². The van der Waals surface area contributed by atoms with E-state index in [1.807, 2.05) is 0 Å². The lowest BCUT2D eigenvalue weighted by Gasteiger charge is -2.05. The number of aliphatic hydroxyl groups excluding tert-OH is 1. The summed E-state index contributed by atoms with van der Waals surface area (Å²) in [4.78, 5) is 21.7. The summed E-state index contributed by atoms with van der Waals surface area (Å²) in [5.41, 5.74) is 0.396. The van der Waals surface area contributed by atoms with Crippen LogP contribution < -0.4 is 5.32 Å². The first kappa shape index (κ1) is 12.2. The highest BCUT2D eigenvalue weighted by Crippen LogP contribution is 1.96. The molecule has 0 aliphatic carbocycles. The maximum absolute atomic E-state index is 11.4. The van der Waals surface area contributed by atoms with Crippen LogP contribution in [0.4, 0.5) is 0 Å². The number of hydrogen-bond acceptors (Lipinski definition) is 4. The monoisotopic (exact) mass is 227 g/mol. The van der Waals surface area contributed by atoms with Gasteiger partial charge in [-0.3, -0.25) is 9.48 Å². The summed E-state index contributed by atoms with van der Waals surface area (Å²) < 4.78 is 1.49. The van der Waals surface area contributed by atoms with Gasteiger partial charge in [-0.15, -0.1) is 0 Å². The molecule has 88 valence electrons. The number of hydrogen-bond donors (Lipinski definition) is 3. The molecule has 0 bridgehead atoms. The summed E-state index contributed by atoms with van der Waals surface area (Å²) in [5.74, 6) is -1.64. The average molecular weight is 227 g/mol. The normalized spacial score (nSPS) is 12.1. The molecule has 1 heterocycles. The first-order chi connectivity index (χ1) is 7.50. The molecular formula is C9H13N3O4. The van der Waals surface area contributed by atoms with Gasteiger partial charge in [-0.1, -0.05) is 0 Å². The summed E-state index contributed by atoms with van der Waals surface area (Å²) in [6.45, 7) is 0.0984. The van der Waals surface area contributed by atoms with Crippen molar-refractivity contribution in [1.29, 1.82) is 0 Å². The molecule has 0 fully saturated rings. The van der Waals surface area contributed by atoms with Crippen LogP contribution >= 0.6 is 0 Å². The molecule has 0 aliphatic rings. The quantitative estimate of drug-likeness (QED) is 0.597. The van der Waals surface area contributed by atoms with Crippen LogP contribution in [0.2, 0.25) is 0 Å². The number of carbonyl (C=O) groups excluding carboxylic acids is 1. The van der Waals surface area contributed by atoms with Crippen molar-refractivity contribution in [2.24, 2.45) is 7.05 Å². The first-order valence-electron chi connectivity index (χ1n) is 4.68. The molecule has 1 aromatic rings. The molecule has 7 nitrogen and oxygen atoms in total. The first-order valence-corrected chi connectivity index (χ1v) is 4.68. The lowest BCUT2D eigenvalue weighted by atomic mass is 10.2. The molecule has 0 spiro atoms. The Bertz CT molecular complexity index is 388. The summed E-state index contributed by atoms with van der Waals surface area (Å²) in [5, 5.41) is 23.6. The second kappa shape index (κ2) is 5.26. The Hall–Kier alpha value is -1.89. The fraction of sp³-hybridized carbons (Fsp3) is 0.444. The Labute approximate surface area is 91.7 Å². The molecule has 1 unspecified atom stereocenters. The van der Waals surface area contributed by atoms with E-state index in [0.29, 0.717) is 5.56 Å². The molecule has 1 amide bonds. The van der Waals surface area contributed by atoms with Gasteiger partial charge in [0.15, 0.2) is 6.10 Å². The van der Waals surface area contributed by atoms with Crippen LogP contribution in [0.15, 0.2) is 12.4 Å². The van der Waals surface area contributed by atoms with Gasteiger partial charge in [0, 0.05) is 26.2 Å². The number of aromatic nitrogens is 2. The van der Waals surface area contributed by atoms with E-state index in [2.05, 4.69) is 10.4 Å². The Morgan fingerprint density at radius 3 is 2.81 bits per heavy atom. The fourth-order valence-corrected chi connectivity index (χ4v) is 1.09. The van der Waals surface area contributed by atoms with E-state index in [4.69, 9.17) is 10.2 Å². The molecule has 0 saturated heterocycles. The van der Waals surface area contributed by atoms with Gasteiger partial charge in [0.1, 0.15) is 0 Å². The number of carboxylic acids is 1. The van der Waals surface area contributed by atoms with E-state index in [1.54, 1.807) is 13.2 Å². The SMILES string of the molecule is Cn1cc(C(=O)NCCC(O)C(=O)O)cn1. The summed E-state index contributed by atoms with van der Waals surface area (Å²) >= 11 is 0. The number of nitrogens with zero attached hydrogens (tertiary/aromatic N) is 2. The molecule has 0 radical (unpaired) electrons. The zero-order valence-electron chi connectivity index (χ0n) is 8.75. The minimum atomic E-state index is -1.45. The Kier molecular flexibility index (Phi) is 4.01. The summed E-state index contributed by atoms with van der Waals surface area (Å²) in [7, 11) is 1.69. The van der Waals surface area contributed by atoms with Gasteiger partial charge in [0.05, 0.1) is 11.8 Å². The van der Waals surface area contributed by atoms with Gasteiger partial charge < -0.3 is 15.5 Å². The molecule has 16 heavy (non-hydrogen) atoms. The number of amides is 1. The number of aliphatic hydroxyl groups is 1. The zero-order valence-corrected chi connectivity index (χ0v) is 8.75. The van der Waals surface area contributed by atoms with Crippen molar-refractivity contribution < 1.29 is 19.8 Å². The minimum absolute atomic E-state index is 0.0265. The average Bonchev–Trinajstić information content (AvgIpc) is 2.64. The highest BCUT2D eigenvalue weighted by Gasteiger charge is 2.13. The van der Waals surface area contributed by atoms with Crippen LogP contribution in [0.5, 0.6) is 0 Å². The van der Waals surface area contributed by atoms with Crippen LogP contribution in [0.1, 0.15) is 16.8 Å². The van der Waals surface area contributed by atoms with E-state index < -0.39 is 12.1 Å². The topological polar surface area (TPSA) is 104 Å². The highest BCUT2D eigenvalue weighted by molar-refractivity contribution is 5.93. The van der Waals surface area contributed by atoms with Crippen molar-refractivity contribution in [2.45, 2.75) is 12.5 Å². The van der Waals surface area contributed by atoms with Gasteiger partial charge >= 0.3 is 5.97 Å². The lowest BCUT2D eigenvalue weighted by molar-refractivity contribution is -0.146. The number of aryl methyl sites for hydroxylation is 1. The maximum Gasteiger partial charge on any atom is 0.332 e. The number of carbonyl (C=O) groups is 2. The van der Waals surface area contributed by atoms with Gasteiger partial charge in [0.2, 0.25) is 0 Å². The Morgan fingerprint density at radius 2 is 2.31 bits per heavy atom. The number of nitrogens with one attached hydrogen (secondary N) is 1. The van der Waals surface area contributed by atoms with E-state index in [-0.39, 0.29) is 18.9 Å². The van der Waals surface area contributed by atoms with Crippen molar-refractivity contribution in [2.75, 3.05) is 6.54 Å². The molecule has 0 saturated carbocycles. The van der Waals surface area contributed by atoms with E-state index >= 15 is 0 Å². The number of carboxylic acid groups (broad SMARTS) is 1. The molecule has 0 aliphatic heterocycles. The molecule has 1 aromatic heterocycles. The van der Waals surface area contributed by atoms with Crippen LogP contribution in [0, 0.1) is 0 Å². The summed E-state index contributed by atoms with van der Waals surface area (Å²) in [6, 6.07) is 0. The second-order valence-corrected chi connectivity index (χ2v) is 3.30. The minimum Gasteiger partial charge on any atom is -0.479 e. The number of aliphatic carboxylic acids is 1. The van der Waals surface area contributed by atoms with Crippen LogP contribution in [-0.2, 0) is 11.8 Å². The molecule has 7 heteroatoms. The second-order valence-electron chi connectivity index (χ2n) is 3.30. The molecule has 0 aromatic carbocycles. The third kappa shape index (κ3) is 3.35. The van der Waals surface area contributed by atoms with Crippen molar-refractivity contribution >= 4 is 11.9 Å².